The van der Waals surface area contributed by atoms with Crippen molar-refractivity contribution in [2.45, 2.75) is 19.8 Å². The second kappa shape index (κ2) is 4.26. The minimum Gasteiger partial charge on any atom is -0.481 e. The molecule has 1 heterocycles. The number of carbonyl (C=O) groups is 1. The third-order valence-corrected chi connectivity index (χ3v) is 3.49. The summed E-state index contributed by atoms with van der Waals surface area (Å²) in [5, 5.41) is 12.3. The molecule has 1 aromatic rings. The Kier molecular flexibility index (Phi) is 2.97. The maximum absolute atomic E-state index is 11.1. The van der Waals surface area contributed by atoms with E-state index in [0.29, 0.717) is 6.54 Å². The van der Waals surface area contributed by atoms with Gasteiger partial charge in [-0.1, -0.05) is 18.2 Å². The lowest BCUT2D eigenvalue weighted by molar-refractivity contribution is -0.141. The highest BCUT2D eigenvalue weighted by atomic mass is 16.4. The third kappa shape index (κ3) is 1.95. The summed E-state index contributed by atoms with van der Waals surface area (Å²) in [6.45, 7) is 5.48. The maximum Gasteiger partial charge on any atom is 0.308 e. The van der Waals surface area contributed by atoms with Crippen LogP contribution in [0.5, 0.6) is 0 Å². The van der Waals surface area contributed by atoms with Crippen molar-refractivity contribution in [3.63, 3.8) is 0 Å². The van der Waals surface area contributed by atoms with E-state index < -0.39 is 5.97 Å². The number of carboxylic acid groups (broad SMARTS) is 1. The van der Waals surface area contributed by atoms with E-state index in [0.717, 1.165) is 12.1 Å². The normalized spacial score (nSPS) is 24.6. The number of hydrogen-bond donors (Lipinski definition) is 2. The highest BCUT2D eigenvalue weighted by Gasteiger charge is 2.33. The van der Waals surface area contributed by atoms with Gasteiger partial charge in [0, 0.05) is 19.0 Å². The molecule has 2 atom stereocenters. The molecule has 0 aliphatic carbocycles. The molecule has 3 nitrogen and oxygen atoms in total. The molecule has 0 bridgehead atoms. The smallest absolute Gasteiger partial charge is 0.308 e. The van der Waals surface area contributed by atoms with Crippen LogP contribution in [-0.4, -0.2) is 24.2 Å². The molecule has 1 fully saturated rings. The Morgan fingerprint density at radius 3 is 2.69 bits per heavy atom. The van der Waals surface area contributed by atoms with Crippen molar-refractivity contribution < 1.29 is 9.90 Å². The molecule has 1 aliphatic heterocycles. The van der Waals surface area contributed by atoms with Gasteiger partial charge in [0.2, 0.25) is 0 Å². The van der Waals surface area contributed by atoms with Gasteiger partial charge in [0.15, 0.2) is 0 Å². The maximum atomic E-state index is 11.1. The highest BCUT2D eigenvalue weighted by Crippen LogP contribution is 2.29. The zero-order valence-corrected chi connectivity index (χ0v) is 9.66. The molecule has 2 unspecified atom stereocenters. The lowest BCUT2D eigenvalue weighted by Gasteiger charge is -2.16. The molecule has 0 radical (unpaired) electrons. The minimum atomic E-state index is -0.701. The summed E-state index contributed by atoms with van der Waals surface area (Å²) in [4.78, 5) is 11.1. The molecule has 16 heavy (non-hydrogen) atoms. The zero-order valence-electron chi connectivity index (χ0n) is 9.66. The van der Waals surface area contributed by atoms with Gasteiger partial charge in [-0.2, -0.15) is 0 Å². The first-order valence-corrected chi connectivity index (χ1v) is 5.60. The Morgan fingerprint density at radius 2 is 2.06 bits per heavy atom. The van der Waals surface area contributed by atoms with E-state index in [1.54, 1.807) is 0 Å². The van der Waals surface area contributed by atoms with Gasteiger partial charge >= 0.3 is 5.97 Å². The average Bonchev–Trinajstić information content (AvgIpc) is 2.71. The molecule has 0 saturated carbocycles. The Hall–Kier alpha value is -1.35. The quantitative estimate of drug-likeness (QED) is 0.795. The SMILES string of the molecule is Cc1ccc(C2CNCC2C(=O)O)cc1C. The van der Waals surface area contributed by atoms with E-state index in [-0.39, 0.29) is 11.8 Å². The summed E-state index contributed by atoms with van der Waals surface area (Å²) in [6, 6.07) is 6.24. The summed E-state index contributed by atoms with van der Waals surface area (Å²) in [5.74, 6) is -0.882. The van der Waals surface area contributed by atoms with Crippen molar-refractivity contribution >= 4 is 5.97 Å². The zero-order chi connectivity index (χ0) is 11.7. The van der Waals surface area contributed by atoms with Gasteiger partial charge in [-0.15, -0.1) is 0 Å². The number of hydrogen-bond acceptors (Lipinski definition) is 2. The molecule has 2 rings (SSSR count). The van der Waals surface area contributed by atoms with E-state index in [4.69, 9.17) is 5.11 Å². The molecule has 1 aromatic carbocycles. The Morgan fingerprint density at radius 1 is 1.31 bits per heavy atom. The fourth-order valence-electron chi connectivity index (χ4n) is 2.28. The predicted octanol–water partition coefficient (Wildman–Crippen LogP) is 1.69. The number of rotatable bonds is 2. The van der Waals surface area contributed by atoms with Crippen molar-refractivity contribution in [2.75, 3.05) is 13.1 Å². The second-order valence-corrected chi connectivity index (χ2v) is 4.55. The topological polar surface area (TPSA) is 49.3 Å². The van der Waals surface area contributed by atoms with Gasteiger partial charge in [0.25, 0.3) is 0 Å². The van der Waals surface area contributed by atoms with Crippen molar-refractivity contribution in [3.8, 4) is 0 Å². The van der Waals surface area contributed by atoms with Gasteiger partial charge in [-0.25, -0.2) is 0 Å². The molecule has 86 valence electrons. The highest BCUT2D eigenvalue weighted by molar-refractivity contribution is 5.72. The van der Waals surface area contributed by atoms with Crippen LogP contribution < -0.4 is 5.32 Å². The van der Waals surface area contributed by atoms with Crippen LogP contribution in [0, 0.1) is 19.8 Å². The van der Waals surface area contributed by atoms with Crippen molar-refractivity contribution in [3.05, 3.63) is 34.9 Å². The lowest BCUT2D eigenvalue weighted by atomic mass is 9.87. The summed E-state index contributed by atoms with van der Waals surface area (Å²) < 4.78 is 0. The first kappa shape index (κ1) is 11.1. The number of carboxylic acids is 1. The first-order valence-electron chi connectivity index (χ1n) is 5.60. The van der Waals surface area contributed by atoms with Gasteiger partial charge in [0.05, 0.1) is 5.92 Å². The lowest BCUT2D eigenvalue weighted by Crippen LogP contribution is -2.21. The van der Waals surface area contributed by atoms with E-state index in [2.05, 4.69) is 37.4 Å². The molecule has 0 aromatic heterocycles. The van der Waals surface area contributed by atoms with Crippen LogP contribution in [-0.2, 0) is 4.79 Å². The van der Waals surface area contributed by atoms with E-state index in [9.17, 15) is 4.79 Å². The molecule has 0 amide bonds. The molecular weight excluding hydrogens is 202 g/mol. The summed E-state index contributed by atoms with van der Waals surface area (Å²) in [5.41, 5.74) is 3.62. The van der Waals surface area contributed by atoms with E-state index >= 15 is 0 Å². The van der Waals surface area contributed by atoms with Gasteiger partial charge in [-0.3, -0.25) is 4.79 Å². The van der Waals surface area contributed by atoms with Gasteiger partial charge < -0.3 is 10.4 Å². The fourth-order valence-corrected chi connectivity index (χ4v) is 2.28. The molecule has 3 heteroatoms. The van der Waals surface area contributed by atoms with Crippen LogP contribution in [0.4, 0.5) is 0 Å². The largest absolute Gasteiger partial charge is 0.481 e. The number of aliphatic carboxylic acids is 1. The third-order valence-electron chi connectivity index (χ3n) is 3.49. The standard InChI is InChI=1S/C13H17NO2/c1-8-3-4-10(5-9(8)2)11-6-14-7-12(11)13(15)16/h3-5,11-12,14H,6-7H2,1-2H3,(H,15,16). The Labute approximate surface area is 95.5 Å². The van der Waals surface area contributed by atoms with E-state index in [1.165, 1.54) is 11.1 Å². The van der Waals surface area contributed by atoms with Gasteiger partial charge in [-0.05, 0) is 30.5 Å². The van der Waals surface area contributed by atoms with Crippen molar-refractivity contribution in [2.24, 2.45) is 5.92 Å². The average molecular weight is 219 g/mol. The van der Waals surface area contributed by atoms with Crippen LogP contribution in [0.25, 0.3) is 0 Å². The number of nitrogens with one attached hydrogen (secondary N) is 1. The molecule has 1 saturated heterocycles. The number of aryl methyl sites for hydroxylation is 2. The van der Waals surface area contributed by atoms with Crippen molar-refractivity contribution in [1.29, 1.82) is 0 Å². The Bertz CT molecular complexity index is 414. The first-order chi connectivity index (χ1) is 7.59. The van der Waals surface area contributed by atoms with Crippen LogP contribution in [0.2, 0.25) is 0 Å². The van der Waals surface area contributed by atoms with Crippen LogP contribution >= 0.6 is 0 Å². The molecule has 1 aliphatic rings. The monoisotopic (exact) mass is 219 g/mol. The number of benzene rings is 1. The van der Waals surface area contributed by atoms with Crippen molar-refractivity contribution in [1.82, 2.24) is 5.32 Å². The molecular formula is C13H17NO2. The van der Waals surface area contributed by atoms with Gasteiger partial charge in [0.1, 0.15) is 0 Å². The van der Waals surface area contributed by atoms with Crippen LogP contribution in [0.1, 0.15) is 22.6 Å². The summed E-state index contributed by atoms with van der Waals surface area (Å²) >= 11 is 0. The predicted molar refractivity (Wildman–Crippen MR) is 62.7 cm³/mol. The Balaban J connectivity index is 2.29. The van der Waals surface area contributed by atoms with E-state index in [1.807, 2.05) is 0 Å². The van der Waals surface area contributed by atoms with Crippen LogP contribution in [0.15, 0.2) is 18.2 Å². The molecule has 2 N–H and O–H groups in total. The second-order valence-electron chi connectivity index (χ2n) is 4.55. The summed E-state index contributed by atoms with van der Waals surface area (Å²) in [7, 11) is 0. The summed E-state index contributed by atoms with van der Waals surface area (Å²) in [6.07, 6.45) is 0. The van der Waals surface area contributed by atoms with Crippen LogP contribution in [0.3, 0.4) is 0 Å². The molecule has 0 spiro atoms. The minimum absolute atomic E-state index is 0.108. The fraction of sp³-hybridized carbons (Fsp3) is 0.462.